The van der Waals surface area contributed by atoms with Gasteiger partial charge in [-0.15, -0.1) is 0 Å². The molecule has 0 spiro atoms. The van der Waals surface area contributed by atoms with Crippen LogP contribution in [0.15, 0.2) is 24.3 Å². The summed E-state index contributed by atoms with van der Waals surface area (Å²) in [5.74, 6) is -1.25. The first-order valence-corrected chi connectivity index (χ1v) is 6.13. The van der Waals surface area contributed by atoms with Gasteiger partial charge in [-0.2, -0.15) is 0 Å². The normalized spacial score (nSPS) is 9.65. The molecule has 1 aromatic rings. The molecule has 0 unspecified atom stereocenters. The molecule has 108 valence electrons. The van der Waals surface area contributed by atoms with Gasteiger partial charge >= 0.3 is 12.0 Å². The molecule has 4 N–H and O–H groups in total. The molecule has 1 rings (SSSR count). The number of rotatable bonds is 6. The summed E-state index contributed by atoms with van der Waals surface area (Å²) in [6.07, 6.45) is 0. The second-order valence-corrected chi connectivity index (χ2v) is 3.99. The number of hydrogen-bond donors (Lipinski definition) is 4. The summed E-state index contributed by atoms with van der Waals surface area (Å²) in [6, 6.07) is 5.71. The van der Waals surface area contributed by atoms with Crippen molar-refractivity contribution >= 4 is 17.9 Å². The second kappa shape index (κ2) is 7.78. The summed E-state index contributed by atoms with van der Waals surface area (Å²) in [4.78, 5) is 33.2. The molecule has 0 aromatic heterocycles. The number of amides is 3. The lowest BCUT2D eigenvalue weighted by atomic mass is 10.1. The van der Waals surface area contributed by atoms with E-state index in [0.717, 1.165) is 5.56 Å². The van der Waals surface area contributed by atoms with E-state index in [1.54, 1.807) is 19.1 Å². The Hall–Kier alpha value is -2.57. The summed E-state index contributed by atoms with van der Waals surface area (Å²) < 4.78 is 0. The summed E-state index contributed by atoms with van der Waals surface area (Å²) in [7, 11) is 0. The minimum absolute atomic E-state index is 0.0857. The predicted octanol–water partition coefficient (Wildman–Crippen LogP) is 0.320. The largest absolute Gasteiger partial charge is 0.478 e. The summed E-state index contributed by atoms with van der Waals surface area (Å²) in [6.45, 7) is 2.47. The Morgan fingerprint density at radius 1 is 1.05 bits per heavy atom. The molecule has 0 bridgehead atoms. The molecule has 3 amide bonds. The number of benzene rings is 1. The van der Waals surface area contributed by atoms with Crippen LogP contribution in [-0.4, -0.2) is 36.1 Å². The third-order valence-electron chi connectivity index (χ3n) is 2.44. The van der Waals surface area contributed by atoms with Gasteiger partial charge in [0.05, 0.1) is 12.1 Å². The molecule has 1 aromatic carbocycles. The minimum atomic E-state index is -0.996. The van der Waals surface area contributed by atoms with Crippen molar-refractivity contribution in [1.82, 2.24) is 16.0 Å². The van der Waals surface area contributed by atoms with Gasteiger partial charge in [-0.3, -0.25) is 4.79 Å². The highest BCUT2D eigenvalue weighted by molar-refractivity contribution is 5.87. The monoisotopic (exact) mass is 279 g/mol. The van der Waals surface area contributed by atoms with Crippen molar-refractivity contribution in [2.24, 2.45) is 0 Å². The Kier molecular flexibility index (Phi) is 6.02. The van der Waals surface area contributed by atoms with E-state index in [9.17, 15) is 14.4 Å². The number of urea groups is 1. The molecule has 7 heteroatoms. The average molecular weight is 279 g/mol. The van der Waals surface area contributed by atoms with Gasteiger partial charge in [0.2, 0.25) is 5.91 Å². The van der Waals surface area contributed by atoms with Gasteiger partial charge in [0.25, 0.3) is 0 Å². The Balaban J connectivity index is 2.33. The maximum Gasteiger partial charge on any atom is 0.335 e. The van der Waals surface area contributed by atoms with E-state index < -0.39 is 12.0 Å². The molecule has 0 radical (unpaired) electrons. The molecule has 0 aliphatic rings. The first kappa shape index (κ1) is 15.5. The van der Waals surface area contributed by atoms with Crippen molar-refractivity contribution in [3.05, 3.63) is 35.4 Å². The summed E-state index contributed by atoms with van der Waals surface area (Å²) in [5, 5.41) is 16.3. The highest BCUT2D eigenvalue weighted by atomic mass is 16.4. The van der Waals surface area contributed by atoms with Gasteiger partial charge in [-0.25, -0.2) is 9.59 Å². The molecule has 20 heavy (non-hydrogen) atoms. The molecule has 0 aliphatic carbocycles. The Morgan fingerprint density at radius 2 is 1.70 bits per heavy atom. The zero-order chi connectivity index (χ0) is 15.0. The molecule has 0 aliphatic heterocycles. The van der Waals surface area contributed by atoms with E-state index in [1.807, 2.05) is 0 Å². The minimum Gasteiger partial charge on any atom is -0.478 e. The fraction of sp³-hybridized carbons (Fsp3) is 0.308. The van der Waals surface area contributed by atoms with Crippen LogP contribution in [-0.2, 0) is 11.3 Å². The predicted molar refractivity (Wildman–Crippen MR) is 72.3 cm³/mol. The summed E-state index contributed by atoms with van der Waals surface area (Å²) in [5.41, 5.74) is 0.956. The number of hydrogen-bond acceptors (Lipinski definition) is 3. The van der Waals surface area contributed by atoms with Crippen molar-refractivity contribution in [1.29, 1.82) is 0 Å². The van der Waals surface area contributed by atoms with Crippen LogP contribution in [0.25, 0.3) is 0 Å². The van der Waals surface area contributed by atoms with Gasteiger partial charge in [0.15, 0.2) is 0 Å². The fourth-order valence-corrected chi connectivity index (χ4v) is 1.43. The zero-order valence-electron chi connectivity index (χ0n) is 11.1. The highest BCUT2D eigenvalue weighted by Gasteiger charge is 2.05. The Morgan fingerprint density at radius 3 is 2.25 bits per heavy atom. The highest BCUT2D eigenvalue weighted by Crippen LogP contribution is 2.03. The zero-order valence-corrected chi connectivity index (χ0v) is 11.1. The molecule has 0 saturated carbocycles. The van der Waals surface area contributed by atoms with Crippen LogP contribution >= 0.6 is 0 Å². The lowest BCUT2D eigenvalue weighted by Gasteiger charge is -2.07. The third-order valence-corrected chi connectivity index (χ3v) is 2.44. The van der Waals surface area contributed by atoms with E-state index in [1.165, 1.54) is 12.1 Å². The fourth-order valence-electron chi connectivity index (χ4n) is 1.43. The maximum atomic E-state index is 11.4. The van der Waals surface area contributed by atoms with Crippen molar-refractivity contribution in [2.45, 2.75) is 13.5 Å². The number of carbonyl (C=O) groups is 3. The van der Waals surface area contributed by atoms with Crippen LogP contribution in [0.3, 0.4) is 0 Å². The number of carboxylic acids is 1. The van der Waals surface area contributed by atoms with E-state index >= 15 is 0 Å². The SMILES string of the molecule is CCNC(=O)CNC(=O)NCc1ccc(C(=O)O)cc1. The van der Waals surface area contributed by atoms with Gasteiger partial charge in [0.1, 0.15) is 0 Å². The van der Waals surface area contributed by atoms with Gasteiger partial charge < -0.3 is 21.1 Å². The number of nitrogens with one attached hydrogen (secondary N) is 3. The molecule has 0 fully saturated rings. The lowest BCUT2D eigenvalue weighted by molar-refractivity contribution is -0.119. The van der Waals surface area contributed by atoms with Gasteiger partial charge in [0, 0.05) is 13.1 Å². The topological polar surface area (TPSA) is 108 Å². The molecular formula is C13H17N3O4. The molecule has 0 saturated heterocycles. The third kappa shape index (κ3) is 5.38. The van der Waals surface area contributed by atoms with E-state index in [2.05, 4.69) is 16.0 Å². The van der Waals surface area contributed by atoms with E-state index in [-0.39, 0.29) is 24.6 Å². The number of carbonyl (C=O) groups excluding carboxylic acids is 2. The van der Waals surface area contributed by atoms with Crippen LogP contribution < -0.4 is 16.0 Å². The lowest BCUT2D eigenvalue weighted by Crippen LogP contribution is -2.41. The molecular weight excluding hydrogens is 262 g/mol. The van der Waals surface area contributed by atoms with Crippen LogP contribution in [0.1, 0.15) is 22.8 Å². The van der Waals surface area contributed by atoms with Crippen LogP contribution in [0.2, 0.25) is 0 Å². The van der Waals surface area contributed by atoms with Crippen LogP contribution in [0.5, 0.6) is 0 Å². The first-order chi connectivity index (χ1) is 9.52. The van der Waals surface area contributed by atoms with Crippen molar-refractivity contribution in [3.8, 4) is 0 Å². The number of aromatic carboxylic acids is 1. The van der Waals surface area contributed by atoms with Gasteiger partial charge in [-0.05, 0) is 24.6 Å². The second-order valence-electron chi connectivity index (χ2n) is 3.99. The number of likely N-dealkylation sites (N-methyl/N-ethyl adjacent to an activating group) is 1. The summed E-state index contributed by atoms with van der Waals surface area (Å²) >= 11 is 0. The van der Waals surface area contributed by atoms with Crippen LogP contribution in [0, 0.1) is 0 Å². The van der Waals surface area contributed by atoms with Crippen LogP contribution in [0.4, 0.5) is 4.79 Å². The first-order valence-electron chi connectivity index (χ1n) is 6.13. The van der Waals surface area contributed by atoms with Crippen molar-refractivity contribution in [3.63, 3.8) is 0 Å². The Labute approximate surface area is 116 Å². The standard InChI is InChI=1S/C13H17N3O4/c1-2-14-11(17)8-16-13(20)15-7-9-3-5-10(6-4-9)12(18)19/h3-6H,2,7-8H2,1H3,(H,14,17)(H,18,19)(H2,15,16,20). The van der Waals surface area contributed by atoms with E-state index in [0.29, 0.717) is 6.54 Å². The average Bonchev–Trinajstić information content (AvgIpc) is 2.43. The molecule has 0 atom stereocenters. The van der Waals surface area contributed by atoms with Gasteiger partial charge in [-0.1, -0.05) is 12.1 Å². The van der Waals surface area contributed by atoms with Crippen molar-refractivity contribution in [2.75, 3.05) is 13.1 Å². The maximum absolute atomic E-state index is 11.4. The molecule has 7 nitrogen and oxygen atoms in total. The smallest absolute Gasteiger partial charge is 0.335 e. The van der Waals surface area contributed by atoms with Crippen molar-refractivity contribution < 1.29 is 19.5 Å². The van der Waals surface area contributed by atoms with E-state index in [4.69, 9.17) is 5.11 Å². The molecule has 0 heterocycles. The quantitative estimate of drug-likeness (QED) is 0.601. The number of carboxylic acid groups (broad SMARTS) is 1. The Bertz CT molecular complexity index is 485.